The number of esters is 1. The maximum Gasteiger partial charge on any atom is 0.343 e. The molecular weight excluding hydrogens is 460 g/mol. The molecule has 0 saturated carbocycles. The number of hydrogen-bond acceptors (Lipinski definition) is 7. The molecule has 32 heavy (non-hydrogen) atoms. The molecule has 3 aromatic carbocycles. The molecule has 0 aliphatic heterocycles. The molecule has 0 saturated heterocycles. The lowest BCUT2D eigenvalue weighted by molar-refractivity contribution is -0.385. The van der Waals surface area contributed by atoms with Gasteiger partial charge in [0.15, 0.2) is 5.75 Å². The number of hydrogen-bond donors (Lipinski definition) is 0. The van der Waals surface area contributed by atoms with Crippen LogP contribution in [0.15, 0.2) is 71.6 Å². The summed E-state index contributed by atoms with van der Waals surface area (Å²) in [6.45, 7) is 0. The average Bonchev–Trinajstić information content (AvgIpc) is 2.78. The second-order valence-corrected chi connectivity index (χ2v) is 8.86. The highest BCUT2D eigenvalue weighted by Gasteiger charge is 2.22. The summed E-state index contributed by atoms with van der Waals surface area (Å²) < 4.78 is 36.8. The van der Waals surface area contributed by atoms with Crippen LogP contribution in [0, 0.1) is 10.1 Å². The minimum atomic E-state index is -3.82. The molecule has 0 unspecified atom stereocenters. The van der Waals surface area contributed by atoms with E-state index >= 15 is 0 Å². The Bertz CT molecular complexity index is 1260. The van der Waals surface area contributed by atoms with Crippen molar-refractivity contribution in [1.29, 1.82) is 0 Å². The number of benzene rings is 3. The van der Waals surface area contributed by atoms with Gasteiger partial charge in [-0.3, -0.25) is 14.4 Å². The van der Waals surface area contributed by atoms with Gasteiger partial charge in [-0.2, -0.15) is 0 Å². The Morgan fingerprint density at radius 1 is 1.03 bits per heavy atom. The SMILES string of the molecule is COc1ccc(C(=O)Oc2ccc(N(C)S(=O)(=O)c3ccc(Cl)cc3)cc2)cc1[N+](=O)[O-]. The zero-order chi connectivity index (χ0) is 23.5. The smallest absolute Gasteiger partial charge is 0.343 e. The molecule has 0 heterocycles. The van der Waals surface area contributed by atoms with E-state index < -0.39 is 20.9 Å². The molecule has 0 amide bonds. The molecule has 3 aromatic rings. The van der Waals surface area contributed by atoms with Gasteiger partial charge in [-0.15, -0.1) is 0 Å². The van der Waals surface area contributed by atoms with E-state index in [2.05, 4.69) is 0 Å². The van der Waals surface area contributed by atoms with Crippen molar-refractivity contribution in [3.63, 3.8) is 0 Å². The number of nitro benzene ring substituents is 1. The van der Waals surface area contributed by atoms with Crippen LogP contribution in [0.25, 0.3) is 0 Å². The summed E-state index contributed by atoms with van der Waals surface area (Å²) in [5, 5.41) is 11.5. The van der Waals surface area contributed by atoms with E-state index in [1.807, 2.05) is 0 Å². The fourth-order valence-electron chi connectivity index (χ4n) is 2.75. The molecule has 0 spiro atoms. The lowest BCUT2D eigenvalue weighted by Crippen LogP contribution is -2.26. The molecule has 3 rings (SSSR count). The first kappa shape index (κ1) is 23.0. The molecule has 9 nitrogen and oxygen atoms in total. The van der Waals surface area contributed by atoms with E-state index in [0.717, 1.165) is 10.4 Å². The van der Waals surface area contributed by atoms with Crippen molar-refractivity contribution < 1.29 is 27.6 Å². The molecule has 0 N–H and O–H groups in total. The number of carbonyl (C=O) groups is 1. The molecule has 0 aromatic heterocycles. The molecule has 0 aliphatic carbocycles. The van der Waals surface area contributed by atoms with Crippen LogP contribution < -0.4 is 13.8 Å². The predicted octanol–water partition coefficient (Wildman–Crippen LogP) is 4.30. The molecule has 0 atom stereocenters. The fraction of sp³-hybridized carbons (Fsp3) is 0.0952. The van der Waals surface area contributed by atoms with E-state index in [4.69, 9.17) is 21.1 Å². The lowest BCUT2D eigenvalue weighted by Gasteiger charge is -2.19. The summed E-state index contributed by atoms with van der Waals surface area (Å²) >= 11 is 5.81. The highest BCUT2D eigenvalue weighted by atomic mass is 35.5. The molecule has 0 fully saturated rings. The Kier molecular flexibility index (Phi) is 6.66. The predicted molar refractivity (Wildman–Crippen MR) is 118 cm³/mol. The van der Waals surface area contributed by atoms with Crippen molar-refractivity contribution in [2.75, 3.05) is 18.5 Å². The van der Waals surface area contributed by atoms with Gasteiger partial charge in [0.25, 0.3) is 10.0 Å². The summed E-state index contributed by atoms with van der Waals surface area (Å²) in [7, 11) is -1.14. The van der Waals surface area contributed by atoms with Gasteiger partial charge in [0, 0.05) is 18.1 Å². The molecule has 0 bridgehead atoms. The van der Waals surface area contributed by atoms with Crippen LogP contribution in [0.3, 0.4) is 0 Å². The summed E-state index contributed by atoms with van der Waals surface area (Å²) in [6, 6.07) is 15.2. The maximum absolute atomic E-state index is 12.8. The molecular formula is C21H17ClN2O7S. The van der Waals surface area contributed by atoms with Gasteiger partial charge in [0.2, 0.25) is 0 Å². The Labute approximate surface area is 189 Å². The van der Waals surface area contributed by atoms with E-state index in [0.29, 0.717) is 10.7 Å². The zero-order valence-electron chi connectivity index (χ0n) is 16.9. The number of halogens is 1. The largest absolute Gasteiger partial charge is 0.490 e. The second-order valence-electron chi connectivity index (χ2n) is 6.45. The van der Waals surface area contributed by atoms with Gasteiger partial charge in [-0.25, -0.2) is 13.2 Å². The van der Waals surface area contributed by atoms with Crippen molar-refractivity contribution in [3.8, 4) is 11.5 Å². The molecule has 11 heteroatoms. The van der Waals surface area contributed by atoms with Crippen molar-refractivity contribution in [2.45, 2.75) is 4.90 Å². The summed E-state index contributed by atoms with van der Waals surface area (Å²) in [5.41, 5.74) is -0.0739. The van der Waals surface area contributed by atoms with Gasteiger partial charge in [-0.1, -0.05) is 11.6 Å². The van der Waals surface area contributed by atoms with E-state index in [9.17, 15) is 23.3 Å². The fourth-order valence-corrected chi connectivity index (χ4v) is 4.07. The highest BCUT2D eigenvalue weighted by Crippen LogP contribution is 2.29. The first-order valence-electron chi connectivity index (χ1n) is 9.02. The first-order chi connectivity index (χ1) is 15.1. The summed E-state index contributed by atoms with van der Waals surface area (Å²) in [6.07, 6.45) is 0. The van der Waals surface area contributed by atoms with E-state index in [-0.39, 0.29) is 27.6 Å². The summed E-state index contributed by atoms with van der Waals surface area (Å²) in [5.74, 6) is -0.666. The van der Waals surface area contributed by atoms with Crippen molar-refractivity contribution in [3.05, 3.63) is 87.4 Å². The monoisotopic (exact) mass is 476 g/mol. The van der Waals surface area contributed by atoms with Crippen LogP contribution in [-0.2, 0) is 10.0 Å². The van der Waals surface area contributed by atoms with E-state index in [1.165, 1.54) is 74.8 Å². The normalized spacial score (nSPS) is 11.0. The number of anilines is 1. The number of sulfonamides is 1. The third-order valence-corrected chi connectivity index (χ3v) is 6.55. The van der Waals surface area contributed by atoms with Crippen LogP contribution in [-0.4, -0.2) is 33.5 Å². The van der Waals surface area contributed by atoms with Crippen LogP contribution in [0.4, 0.5) is 11.4 Å². The zero-order valence-corrected chi connectivity index (χ0v) is 18.5. The molecule has 166 valence electrons. The Morgan fingerprint density at radius 3 is 2.22 bits per heavy atom. The quantitative estimate of drug-likeness (QED) is 0.216. The number of methoxy groups -OCH3 is 1. The van der Waals surface area contributed by atoms with Gasteiger partial charge in [-0.05, 0) is 60.7 Å². The van der Waals surface area contributed by atoms with Crippen LogP contribution in [0.1, 0.15) is 10.4 Å². The second kappa shape index (κ2) is 9.25. The topological polar surface area (TPSA) is 116 Å². The number of ether oxygens (including phenoxy) is 2. The summed E-state index contributed by atoms with van der Waals surface area (Å²) in [4.78, 5) is 22.9. The highest BCUT2D eigenvalue weighted by molar-refractivity contribution is 7.92. The number of rotatable bonds is 7. The van der Waals surface area contributed by atoms with Gasteiger partial charge >= 0.3 is 11.7 Å². The molecule has 0 radical (unpaired) electrons. The number of carbonyl (C=O) groups excluding carboxylic acids is 1. The van der Waals surface area contributed by atoms with Gasteiger partial charge in [0.1, 0.15) is 5.75 Å². The van der Waals surface area contributed by atoms with Crippen LogP contribution in [0.2, 0.25) is 5.02 Å². The minimum absolute atomic E-state index is 0.0147. The van der Waals surface area contributed by atoms with Crippen LogP contribution in [0.5, 0.6) is 11.5 Å². The standard InChI is InChI=1S/C21H17ClN2O7S/c1-23(32(28,29)18-10-4-15(22)5-11-18)16-6-8-17(9-7-16)31-21(25)14-3-12-20(30-2)19(13-14)24(26)27/h3-13H,1-2H3. The Balaban J connectivity index is 1.77. The number of nitrogens with zero attached hydrogens (tertiary/aromatic N) is 2. The van der Waals surface area contributed by atoms with Crippen LogP contribution >= 0.6 is 11.6 Å². The molecule has 0 aliphatic rings. The Morgan fingerprint density at radius 2 is 1.66 bits per heavy atom. The van der Waals surface area contributed by atoms with Gasteiger partial charge in [0.05, 0.1) is 28.2 Å². The first-order valence-corrected chi connectivity index (χ1v) is 10.8. The van der Waals surface area contributed by atoms with Crippen molar-refractivity contribution in [2.24, 2.45) is 0 Å². The van der Waals surface area contributed by atoms with Crippen molar-refractivity contribution in [1.82, 2.24) is 0 Å². The third kappa shape index (κ3) is 4.82. The van der Waals surface area contributed by atoms with Gasteiger partial charge < -0.3 is 9.47 Å². The lowest BCUT2D eigenvalue weighted by atomic mass is 10.2. The Hall–Kier alpha value is -3.63. The minimum Gasteiger partial charge on any atom is -0.490 e. The van der Waals surface area contributed by atoms with Crippen molar-refractivity contribution >= 4 is 39.0 Å². The number of nitro groups is 1. The van der Waals surface area contributed by atoms with E-state index in [1.54, 1.807) is 0 Å². The maximum atomic E-state index is 12.8. The third-order valence-electron chi connectivity index (χ3n) is 4.49. The average molecular weight is 477 g/mol.